The predicted octanol–water partition coefficient (Wildman–Crippen LogP) is 2.90. The Hall–Kier alpha value is -3.56. The molecule has 1 aliphatic carbocycles. The van der Waals surface area contributed by atoms with Crippen molar-refractivity contribution in [3.05, 3.63) is 41.2 Å². The number of rotatable bonds is 6. The van der Waals surface area contributed by atoms with Gasteiger partial charge in [-0.3, -0.25) is 14.3 Å². The highest BCUT2D eigenvalue weighted by atomic mass is 16.7. The molecular formula is C26H32N4O6. The number of carbonyl (C=O) groups is 3. The molecule has 1 atom stereocenters. The number of ether oxygens (including phenoxy) is 3. The summed E-state index contributed by atoms with van der Waals surface area (Å²) in [6.45, 7) is 6.34. The van der Waals surface area contributed by atoms with Crippen LogP contribution in [0.3, 0.4) is 0 Å². The first kappa shape index (κ1) is 24.1. The number of nitrogens with zero attached hydrogens (tertiary/aromatic N) is 3. The zero-order chi connectivity index (χ0) is 25.4. The summed E-state index contributed by atoms with van der Waals surface area (Å²) in [5, 5.41) is 7.52. The van der Waals surface area contributed by atoms with E-state index in [9.17, 15) is 14.4 Å². The van der Waals surface area contributed by atoms with E-state index in [2.05, 4.69) is 17.3 Å². The number of nitrogens with one attached hydrogen (secondary N) is 1. The molecule has 2 aromatic rings. The number of carbonyl (C=O) groups excluding carboxylic acids is 3. The monoisotopic (exact) mass is 496 g/mol. The van der Waals surface area contributed by atoms with Gasteiger partial charge in [-0.25, -0.2) is 4.79 Å². The Morgan fingerprint density at radius 2 is 1.92 bits per heavy atom. The van der Waals surface area contributed by atoms with Crippen molar-refractivity contribution >= 4 is 17.8 Å². The van der Waals surface area contributed by atoms with Gasteiger partial charge in [-0.05, 0) is 63.1 Å². The molecule has 1 unspecified atom stereocenters. The quantitative estimate of drug-likeness (QED) is 0.612. The Balaban J connectivity index is 1.46. The summed E-state index contributed by atoms with van der Waals surface area (Å²) in [7, 11) is 0. The lowest BCUT2D eigenvalue weighted by Crippen LogP contribution is -2.64. The molecule has 0 bridgehead atoms. The summed E-state index contributed by atoms with van der Waals surface area (Å²) in [5.74, 6) is 0.700. The molecule has 2 aliphatic heterocycles. The maximum atomic E-state index is 13.8. The molecule has 5 rings (SSSR count). The molecule has 1 aromatic heterocycles. The van der Waals surface area contributed by atoms with E-state index in [1.54, 1.807) is 24.8 Å². The molecule has 0 saturated heterocycles. The maximum absolute atomic E-state index is 13.8. The molecule has 1 aromatic carbocycles. The standard InChI is InChI=1S/C26H32N4O6/c1-4-34-24(32)19-12-20-23(31)29(13-17-7-10-21-22(11-17)36-15-35-21)26(3,14-30(20)28-19)25(33)27-18-8-5-16(2)6-9-18/h7,10-12,16,18H,4-6,8-9,13-15H2,1-3H3,(H,27,33). The van der Waals surface area contributed by atoms with Crippen LogP contribution < -0.4 is 14.8 Å². The molecule has 10 nitrogen and oxygen atoms in total. The lowest BCUT2D eigenvalue weighted by Gasteiger charge is -2.44. The van der Waals surface area contributed by atoms with Gasteiger partial charge in [0, 0.05) is 18.7 Å². The van der Waals surface area contributed by atoms with Crippen LogP contribution in [0, 0.1) is 5.92 Å². The highest BCUT2D eigenvalue weighted by Gasteiger charge is 2.48. The number of benzene rings is 1. The van der Waals surface area contributed by atoms with Gasteiger partial charge in [0.1, 0.15) is 11.2 Å². The fourth-order valence-electron chi connectivity index (χ4n) is 5.16. The van der Waals surface area contributed by atoms with Crippen molar-refractivity contribution in [2.75, 3.05) is 13.4 Å². The summed E-state index contributed by atoms with van der Waals surface area (Å²) in [5.41, 5.74) is -0.122. The normalized spacial score (nSPS) is 24.9. The molecular weight excluding hydrogens is 464 g/mol. The molecule has 3 aliphatic rings. The fourth-order valence-corrected chi connectivity index (χ4v) is 5.16. The third kappa shape index (κ3) is 4.40. The van der Waals surface area contributed by atoms with E-state index in [-0.39, 0.29) is 55.7 Å². The van der Waals surface area contributed by atoms with E-state index >= 15 is 0 Å². The van der Waals surface area contributed by atoms with Gasteiger partial charge in [-0.15, -0.1) is 0 Å². The largest absolute Gasteiger partial charge is 0.461 e. The number of amides is 2. The van der Waals surface area contributed by atoms with Gasteiger partial charge in [-0.2, -0.15) is 5.10 Å². The first-order chi connectivity index (χ1) is 17.3. The molecule has 3 heterocycles. The highest BCUT2D eigenvalue weighted by Crippen LogP contribution is 2.35. The smallest absolute Gasteiger partial charge is 0.358 e. The van der Waals surface area contributed by atoms with Crippen LogP contribution in [0.25, 0.3) is 0 Å². The predicted molar refractivity (Wildman–Crippen MR) is 129 cm³/mol. The van der Waals surface area contributed by atoms with Crippen LogP contribution >= 0.6 is 0 Å². The molecule has 0 spiro atoms. The van der Waals surface area contributed by atoms with Crippen molar-refractivity contribution in [3.8, 4) is 11.5 Å². The number of esters is 1. The van der Waals surface area contributed by atoms with Gasteiger partial charge in [0.05, 0.1) is 13.2 Å². The van der Waals surface area contributed by atoms with Gasteiger partial charge in [0.25, 0.3) is 5.91 Å². The Labute approximate surface area is 209 Å². The first-order valence-electron chi connectivity index (χ1n) is 12.5. The SMILES string of the molecule is CCOC(=O)c1cc2n(n1)CC(C)(C(=O)NC1CCC(C)CC1)N(Cc1ccc3c(c1)OCO3)C2=O. The number of hydrogen-bond donors (Lipinski definition) is 1. The first-order valence-corrected chi connectivity index (χ1v) is 12.5. The number of hydrogen-bond acceptors (Lipinski definition) is 7. The van der Waals surface area contributed by atoms with E-state index in [4.69, 9.17) is 14.2 Å². The number of fused-ring (bicyclic) bond motifs is 2. The average Bonchev–Trinajstić information content (AvgIpc) is 3.50. The summed E-state index contributed by atoms with van der Waals surface area (Å²) in [6, 6.07) is 6.99. The van der Waals surface area contributed by atoms with E-state index in [1.807, 2.05) is 12.1 Å². The Morgan fingerprint density at radius 3 is 2.67 bits per heavy atom. The Kier molecular flexibility index (Phi) is 6.36. The van der Waals surface area contributed by atoms with Crippen LogP contribution in [-0.2, 0) is 22.6 Å². The second-order valence-corrected chi connectivity index (χ2v) is 10.1. The topological polar surface area (TPSA) is 112 Å². The molecule has 192 valence electrons. The lowest BCUT2D eigenvalue weighted by atomic mass is 9.86. The molecule has 2 amide bonds. The van der Waals surface area contributed by atoms with Crippen molar-refractivity contribution in [1.82, 2.24) is 20.0 Å². The van der Waals surface area contributed by atoms with Crippen LogP contribution in [-0.4, -0.2) is 57.4 Å². The van der Waals surface area contributed by atoms with Gasteiger partial charge >= 0.3 is 5.97 Å². The van der Waals surface area contributed by atoms with Gasteiger partial charge in [0.15, 0.2) is 17.2 Å². The molecule has 36 heavy (non-hydrogen) atoms. The summed E-state index contributed by atoms with van der Waals surface area (Å²) in [4.78, 5) is 41.4. The average molecular weight is 497 g/mol. The van der Waals surface area contributed by atoms with Crippen LogP contribution in [0.1, 0.15) is 73.0 Å². The molecule has 1 saturated carbocycles. The minimum absolute atomic E-state index is 0.0501. The van der Waals surface area contributed by atoms with Crippen molar-refractivity contribution in [1.29, 1.82) is 0 Å². The second kappa shape index (κ2) is 9.48. The van der Waals surface area contributed by atoms with Crippen molar-refractivity contribution in [3.63, 3.8) is 0 Å². The number of aromatic nitrogens is 2. The van der Waals surface area contributed by atoms with Crippen molar-refractivity contribution in [2.24, 2.45) is 5.92 Å². The van der Waals surface area contributed by atoms with E-state index in [0.29, 0.717) is 17.4 Å². The van der Waals surface area contributed by atoms with Crippen LogP contribution in [0.2, 0.25) is 0 Å². The van der Waals surface area contributed by atoms with E-state index in [1.165, 1.54) is 10.7 Å². The van der Waals surface area contributed by atoms with Crippen LogP contribution in [0.4, 0.5) is 0 Å². The van der Waals surface area contributed by atoms with Crippen LogP contribution in [0.5, 0.6) is 11.5 Å². The van der Waals surface area contributed by atoms with Crippen molar-refractivity contribution < 1.29 is 28.6 Å². The summed E-state index contributed by atoms with van der Waals surface area (Å²) >= 11 is 0. The lowest BCUT2D eigenvalue weighted by molar-refractivity contribution is -0.134. The minimum atomic E-state index is -1.22. The fraction of sp³-hybridized carbons (Fsp3) is 0.538. The van der Waals surface area contributed by atoms with Crippen molar-refractivity contribution in [2.45, 2.75) is 71.1 Å². The Bertz CT molecular complexity index is 1190. The van der Waals surface area contributed by atoms with E-state index < -0.39 is 11.5 Å². The molecule has 1 N–H and O–H groups in total. The minimum Gasteiger partial charge on any atom is -0.461 e. The highest BCUT2D eigenvalue weighted by molar-refractivity contribution is 6.01. The summed E-state index contributed by atoms with van der Waals surface area (Å²) < 4.78 is 17.4. The zero-order valence-electron chi connectivity index (χ0n) is 20.9. The zero-order valence-corrected chi connectivity index (χ0v) is 20.9. The maximum Gasteiger partial charge on any atom is 0.358 e. The summed E-state index contributed by atoms with van der Waals surface area (Å²) in [6.07, 6.45) is 3.96. The third-order valence-electron chi connectivity index (χ3n) is 7.40. The van der Waals surface area contributed by atoms with Gasteiger partial charge in [0.2, 0.25) is 12.7 Å². The van der Waals surface area contributed by atoms with E-state index in [0.717, 1.165) is 31.2 Å². The molecule has 0 radical (unpaired) electrons. The molecule has 1 fully saturated rings. The molecule has 10 heteroatoms. The van der Waals surface area contributed by atoms with Gasteiger partial charge in [-0.1, -0.05) is 13.0 Å². The second-order valence-electron chi connectivity index (χ2n) is 10.1. The Morgan fingerprint density at radius 1 is 1.17 bits per heavy atom. The van der Waals surface area contributed by atoms with Gasteiger partial charge < -0.3 is 24.4 Å². The third-order valence-corrected chi connectivity index (χ3v) is 7.40. The van der Waals surface area contributed by atoms with Crippen LogP contribution in [0.15, 0.2) is 24.3 Å².